The number of ether oxygens (including phenoxy) is 1. The first-order valence-electron chi connectivity index (χ1n) is 8.72. The van der Waals surface area contributed by atoms with Crippen molar-refractivity contribution in [1.82, 2.24) is 15.1 Å². The SMILES string of the molecule is O=C(COc1ccc(F)cc1)N1CCCC(c2nnc(-c3cccs3)o2)C1. The lowest BCUT2D eigenvalue weighted by molar-refractivity contribution is -0.134. The van der Waals surface area contributed by atoms with Crippen molar-refractivity contribution in [2.75, 3.05) is 19.7 Å². The number of hydrogen-bond acceptors (Lipinski definition) is 6. The van der Waals surface area contributed by atoms with Gasteiger partial charge >= 0.3 is 0 Å². The number of aromatic nitrogens is 2. The minimum Gasteiger partial charge on any atom is -0.484 e. The molecule has 1 unspecified atom stereocenters. The summed E-state index contributed by atoms with van der Waals surface area (Å²) >= 11 is 1.55. The van der Waals surface area contributed by atoms with Gasteiger partial charge in [0.05, 0.1) is 10.8 Å². The lowest BCUT2D eigenvalue weighted by Gasteiger charge is -2.31. The Hall–Kier alpha value is -2.74. The summed E-state index contributed by atoms with van der Waals surface area (Å²) in [5, 5.41) is 10.3. The maximum absolute atomic E-state index is 12.9. The Bertz CT molecular complexity index is 895. The van der Waals surface area contributed by atoms with E-state index in [-0.39, 0.29) is 24.2 Å². The van der Waals surface area contributed by atoms with Crippen LogP contribution in [-0.4, -0.2) is 40.7 Å². The van der Waals surface area contributed by atoms with E-state index >= 15 is 0 Å². The van der Waals surface area contributed by atoms with Gasteiger partial charge in [-0.1, -0.05) is 6.07 Å². The fourth-order valence-corrected chi connectivity index (χ4v) is 3.72. The molecule has 3 heterocycles. The normalized spacial score (nSPS) is 17.1. The Morgan fingerprint density at radius 3 is 2.93 bits per heavy atom. The number of piperidine rings is 1. The molecule has 1 aliphatic rings. The van der Waals surface area contributed by atoms with Gasteiger partial charge in [0, 0.05) is 13.1 Å². The Balaban J connectivity index is 1.36. The van der Waals surface area contributed by atoms with Crippen molar-refractivity contribution in [3.63, 3.8) is 0 Å². The van der Waals surface area contributed by atoms with Crippen LogP contribution in [0.3, 0.4) is 0 Å². The molecule has 1 aromatic carbocycles. The van der Waals surface area contributed by atoms with E-state index in [0.717, 1.165) is 17.7 Å². The number of likely N-dealkylation sites (tertiary alicyclic amines) is 1. The second kappa shape index (κ2) is 7.87. The lowest BCUT2D eigenvalue weighted by Crippen LogP contribution is -2.41. The van der Waals surface area contributed by atoms with E-state index in [2.05, 4.69) is 10.2 Å². The van der Waals surface area contributed by atoms with E-state index in [1.807, 2.05) is 17.5 Å². The van der Waals surface area contributed by atoms with Gasteiger partial charge in [0.2, 0.25) is 5.89 Å². The van der Waals surface area contributed by atoms with E-state index in [1.54, 1.807) is 16.2 Å². The minimum absolute atomic E-state index is 0.0229. The Kier molecular flexibility index (Phi) is 5.15. The molecule has 0 bridgehead atoms. The van der Waals surface area contributed by atoms with Gasteiger partial charge in [0.1, 0.15) is 11.6 Å². The topological polar surface area (TPSA) is 68.5 Å². The van der Waals surface area contributed by atoms with E-state index in [0.29, 0.717) is 30.6 Å². The zero-order valence-corrected chi connectivity index (χ0v) is 15.3. The van der Waals surface area contributed by atoms with Gasteiger partial charge in [-0.3, -0.25) is 4.79 Å². The van der Waals surface area contributed by atoms with E-state index in [1.165, 1.54) is 24.3 Å². The second-order valence-electron chi connectivity index (χ2n) is 6.34. The smallest absolute Gasteiger partial charge is 0.260 e. The van der Waals surface area contributed by atoms with Gasteiger partial charge in [0.15, 0.2) is 6.61 Å². The largest absolute Gasteiger partial charge is 0.484 e. The second-order valence-corrected chi connectivity index (χ2v) is 7.29. The third-order valence-corrected chi connectivity index (χ3v) is 5.33. The summed E-state index contributed by atoms with van der Waals surface area (Å²) in [4.78, 5) is 15.2. The highest BCUT2D eigenvalue weighted by molar-refractivity contribution is 7.13. The molecule has 0 radical (unpaired) electrons. The molecule has 0 aliphatic carbocycles. The number of carbonyl (C=O) groups excluding carboxylic acids is 1. The molecule has 8 heteroatoms. The van der Waals surface area contributed by atoms with Crippen LogP contribution in [0, 0.1) is 5.82 Å². The molecule has 2 aromatic heterocycles. The first kappa shape index (κ1) is 17.7. The van der Waals surface area contributed by atoms with Gasteiger partial charge in [-0.2, -0.15) is 0 Å². The summed E-state index contributed by atoms with van der Waals surface area (Å²) in [6, 6.07) is 9.49. The number of amides is 1. The van der Waals surface area contributed by atoms with Crippen LogP contribution in [0.25, 0.3) is 10.8 Å². The maximum Gasteiger partial charge on any atom is 0.260 e. The number of rotatable bonds is 5. The van der Waals surface area contributed by atoms with E-state index in [9.17, 15) is 9.18 Å². The quantitative estimate of drug-likeness (QED) is 0.667. The molecule has 0 saturated carbocycles. The van der Waals surface area contributed by atoms with Crippen molar-refractivity contribution >= 4 is 17.2 Å². The Morgan fingerprint density at radius 2 is 2.15 bits per heavy atom. The van der Waals surface area contributed by atoms with E-state index < -0.39 is 0 Å². The molecular weight excluding hydrogens is 369 g/mol. The fraction of sp³-hybridized carbons (Fsp3) is 0.316. The first-order chi connectivity index (χ1) is 13.2. The number of carbonyl (C=O) groups is 1. The third kappa shape index (κ3) is 4.16. The van der Waals surface area contributed by atoms with E-state index in [4.69, 9.17) is 9.15 Å². The number of benzene rings is 1. The number of halogens is 1. The van der Waals surface area contributed by atoms with Crippen molar-refractivity contribution in [3.05, 3.63) is 53.5 Å². The summed E-state index contributed by atoms with van der Waals surface area (Å²) in [5.41, 5.74) is 0. The predicted molar refractivity (Wildman–Crippen MR) is 98.1 cm³/mol. The van der Waals surface area contributed by atoms with Gasteiger partial charge in [-0.05, 0) is 48.6 Å². The highest BCUT2D eigenvalue weighted by Crippen LogP contribution is 2.30. The summed E-state index contributed by atoms with van der Waals surface area (Å²) in [7, 11) is 0. The highest BCUT2D eigenvalue weighted by atomic mass is 32.1. The van der Waals surface area contributed by atoms with Crippen LogP contribution in [0.15, 0.2) is 46.2 Å². The van der Waals surface area contributed by atoms with Gasteiger partial charge in [-0.25, -0.2) is 4.39 Å². The highest BCUT2D eigenvalue weighted by Gasteiger charge is 2.28. The van der Waals surface area contributed by atoms with Gasteiger partial charge in [0.25, 0.3) is 11.8 Å². The summed E-state index contributed by atoms with van der Waals surface area (Å²) in [6.45, 7) is 1.12. The van der Waals surface area contributed by atoms with Crippen LogP contribution in [0.2, 0.25) is 0 Å². The molecule has 3 aromatic rings. The van der Waals surface area contributed by atoms with Crippen LogP contribution >= 0.6 is 11.3 Å². The molecule has 0 N–H and O–H groups in total. The van der Waals surface area contributed by atoms with Crippen LogP contribution in [0.4, 0.5) is 4.39 Å². The molecule has 6 nitrogen and oxygen atoms in total. The minimum atomic E-state index is -0.339. The average Bonchev–Trinajstić information content (AvgIpc) is 3.39. The summed E-state index contributed by atoms with van der Waals surface area (Å²) < 4.78 is 24.2. The number of nitrogens with zero attached hydrogens (tertiary/aromatic N) is 3. The molecule has 1 saturated heterocycles. The molecule has 1 atom stereocenters. The third-order valence-electron chi connectivity index (χ3n) is 4.47. The maximum atomic E-state index is 12.9. The first-order valence-corrected chi connectivity index (χ1v) is 9.60. The molecule has 27 heavy (non-hydrogen) atoms. The average molecular weight is 387 g/mol. The van der Waals surface area contributed by atoms with Crippen LogP contribution in [0.1, 0.15) is 24.7 Å². The summed E-state index contributed by atoms with van der Waals surface area (Å²) in [6.07, 6.45) is 1.76. The molecule has 1 aliphatic heterocycles. The predicted octanol–water partition coefficient (Wildman–Crippen LogP) is 3.72. The molecule has 1 fully saturated rings. The Morgan fingerprint density at radius 1 is 1.30 bits per heavy atom. The fourth-order valence-electron chi connectivity index (χ4n) is 3.07. The monoisotopic (exact) mass is 387 g/mol. The van der Waals surface area contributed by atoms with Crippen molar-refractivity contribution in [2.24, 2.45) is 0 Å². The molecule has 0 spiro atoms. The van der Waals surface area contributed by atoms with Crippen molar-refractivity contribution in [1.29, 1.82) is 0 Å². The van der Waals surface area contributed by atoms with Gasteiger partial charge in [-0.15, -0.1) is 21.5 Å². The van der Waals surface area contributed by atoms with Gasteiger partial charge < -0.3 is 14.1 Å². The van der Waals surface area contributed by atoms with Crippen molar-refractivity contribution in [2.45, 2.75) is 18.8 Å². The summed E-state index contributed by atoms with van der Waals surface area (Å²) in [5.74, 6) is 1.13. The molecule has 1 amide bonds. The molecular formula is C19H18FN3O3S. The number of thiophene rings is 1. The van der Waals surface area contributed by atoms with Crippen LogP contribution in [-0.2, 0) is 4.79 Å². The molecule has 4 rings (SSSR count). The zero-order valence-electron chi connectivity index (χ0n) is 14.5. The van der Waals surface area contributed by atoms with Crippen molar-refractivity contribution in [3.8, 4) is 16.5 Å². The molecule has 140 valence electrons. The lowest BCUT2D eigenvalue weighted by atomic mass is 9.98. The Labute approximate surface area is 159 Å². The zero-order chi connectivity index (χ0) is 18.6. The standard InChI is InChI=1S/C19H18FN3O3S/c20-14-5-7-15(8-6-14)25-12-17(24)23-9-1-3-13(11-23)18-21-22-19(26-18)16-4-2-10-27-16/h2,4-8,10,13H,1,3,9,11-12H2. The van der Waals surface area contributed by atoms with Crippen molar-refractivity contribution < 1.29 is 18.3 Å². The number of hydrogen-bond donors (Lipinski definition) is 0. The van der Waals surface area contributed by atoms with Crippen LogP contribution < -0.4 is 4.74 Å². The van der Waals surface area contributed by atoms with Crippen LogP contribution in [0.5, 0.6) is 5.75 Å².